The largest absolute Gasteiger partial charge is 0.494 e. The summed E-state index contributed by atoms with van der Waals surface area (Å²) in [7, 11) is 0. The number of ether oxygens (including phenoxy) is 3. The van der Waals surface area contributed by atoms with Gasteiger partial charge in [-0.25, -0.2) is 0 Å². The fraction of sp³-hybridized carbons (Fsp3) is 0.711. The fourth-order valence-corrected chi connectivity index (χ4v) is 11.2. The van der Waals surface area contributed by atoms with Crippen LogP contribution in [0.1, 0.15) is 351 Å². The summed E-state index contributed by atoms with van der Waals surface area (Å²) in [6.45, 7) is 9.26. The molecule has 0 aliphatic heterocycles. The Hall–Kier alpha value is -3.46. The van der Waals surface area contributed by atoms with Crippen LogP contribution in [0.2, 0.25) is 0 Å². The molecule has 0 radical (unpaired) electrons. The monoisotopic (exact) mass is 1090 g/mol. The zero-order valence-electron chi connectivity index (χ0n) is 52.4. The van der Waals surface area contributed by atoms with E-state index in [0.717, 1.165) is 67.5 Å². The van der Waals surface area contributed by atoms with Gasteiger partial charge in [0.25, 0.3) is 0 Å². The van der Waals surface area contributed by atoms with E-state index in [1.165, 1.54) is 300 Å². The van der Waals surface area contributed by atoms with Crippen LogP contribution >= 0.6 is 0 Å². The third kappa shape index (κ3) is 42.1. The molecule has 0 saturated carbocycles. The Bertz CT molecular complexity index is 1790. The minimum atomic E-state index is 0.749. The van der Waals surface area contributed by atoms with Gasteiger partial charge in [-0.05, 0) is 66.3 Å². The van der Waals surface area contributed by atoms with Gasteiger partial charge in [-0.15, -0.1) is 0 Å². The van der Waals surface area contributed by atoms with E-state index in [4.69, 9.17) is 14.2 Å². The Morgan fingerprint density at radius 3 is 0.747 bits per heavy atom. The molecule has 3 heteroatoms. The van der Waals surface area contributed by atoms with Crippen molar-refractivity contribution in [2.75, 3.05) is 19.8 Å². The lowest BCUT2D eigenvalue weighted by molar-refractivity contribution is 0.303. The van der Waals surface area contributed by atoms with Crippen LogP contribution in [0.4, 0.5) is 0 Å². The van der Waals surface area contributed by atoms with Crippen LogP contribution in [0.25, 0.3) is 24.3 Å². The molecule has 0 amide bonds. The van der Waals surface area contributed by atoms with Crippen LogP contribution in [0.5, 0.6) is 17.2 Å². The highest BCUT2D eigenvalue weighted by Crippen LogP contribution is 2.27. The first kappa shape index (κ1) is 69.8. The van der Waals surface area contributed by atoms with E-state index in [2.05, 4.69) is 112 Å². The minimum Gasteiger partial charge on any atom is -0.494 e. The number of hydrogen-bond acceptors (Lipinski definition) is 3. The van der Waals surface area contributed by atoms with E-state index >= 15 is 0 Å². The predicted octanol–water partition coefficient (Wildman–Crippen LogP) is 25.9. The highest BCUT2D eigenvalue weighted by Gasteiger charge is 2.06. The molecule has 448 valence electrons. The highest BCUT2D eigenvalue weighted by atomic mass is 16.5. The third-order valence-corrected chi connectivity index (χ3v) is 16.5. The second kappa shape index (κ2) is 53.8. The van der Waals surface area contributed by atoms with Gasteiger partial charge < -0.3 is 14.2 Å². The summed E-state index contributed by atoms with van der Waals surface area (Å²) in [6.07, 6.45) is 75.2. The van der Waals surface area contributed by atoms with E-state index in [-0.39, 0.29) is 0 Å². The maximum absolute atomic E-state index is 6.58. The Balaban J connectivity index is 1.36. The van der Waals surface area contributed by atoms with Crippen molar-refractivity contribution in [2.45, 2.75) is 329 Å². The predicted molar refractivity (Wildman–Crippen MR) is 352 cm³/mol. The molecular weight excluding hydrogens is 961 g/mol. The van der Waals surface area contributed by atoms with Crippen LogP contribution in [-0.2, 0) is 0 Å². The van der Waals surface area contributed by atoms with Crippen molar-refractivity contribution in [3.8, 4) is 17.2 Å². The summed E-state index contributed by atoms with van der Waals surface area (Å²) in [5, 5.41) is 0. The molecule has 0 heterocycles. The molecule has 3 aromatic rings. The quantitative estimate of drug-likeness (QED) is 0.0416. The fourth-order valence-electron chi connectivity index (χ4n) is 11.2. The topological polar surface area (TPSA) is 27.7 Å². The molecule has 0 spiro atoms. The van der Waals surface area contributed by atoms with Gasteiger partial charge in [0.15, 0.2) is 0 Å². The van der Waals surface area contributed by atoms with Crippen LogP contribution in [0, 0.1) is 0 Å². The Labute approximate surface area is 491 Å². The van der Waals surface area contributed by atoms with E-state index in [1.807, 2.05) is 0 Å². The minimum absolute atomic E-state index is 0.749. The van der Waals surface area contributed by atoms with Crippen molar-refractivity contribution in [3.63, 3.8) is 0 Å². The molecule has 3 aromatic carbocycles. The lowest BCUT2D eigenvalue weighted by atomic mass is 10.0. The molecule has 3 rings (SSSR count). The second-order valence-corrected chi connectivity index (χ2v) is 24.1. The van der Waals surface area contributed by atoms with E-state index < -0.39 is 0 Å². The number of unbranched alkanes of at least 4 members (excludes halogenated alkanes) is 45. The maximum atomic E-state index is 6.58. The number of hydrogen-bond donors (Lipinski definition) is 0. The standard InChI is InChI=1S/C76H126O3/c1-4-7-10-13-16-19-22-25-28-31-34-37-40-43-46-49-66-77-74-62-56-70(57-63-74)52-53-72-55-61-73(76(69-72)79-68-51-48-45-42-39-36-33-30-27-24-21-18-15-12-9-6-3)60-54-71-58-64-75(65-59-71)78-67-50-47-44-41-38-35-32-29-26-23-20-17-14-11-8-5-2/h52-65,69H,4-51,66-68H2,1-3H3. The van der Waals surface area contributed by atoms with E-state index in [0.29, 0.717) is 0 Å². The van der Waals surface area contributed by atoms with Crippen molar-refractivity contribution in [3.05, 3.63) is 89.0 Å². The van der Waals surface area contributed by atoms with Gasteiger partial charge in [0.1, 0.15) is 17.2 Å². The first-order valence-electron chi connectivity index (χ1n) is 34.8. The van der Waals surface area contributed by atoms with Crippen molar-refractivity contribution >= 4 is 24.3 Å². The summed E-state index contributed by atoms with van der Waals surface area (Å²) in [5.41, 5.74) is 4.60. The average Bonchev–Trinajstić information content (AvgIpc) is 3.48. The molecule has 79 heavy (non-hydrogen) atoms. The summed E-state index contributed by atoms with van der Waals surface area (Å²) < 4.78 is 18.9. The second-order valence-electron chi connectivity index (χ2n) is 24.1. The number of rotatable bonds is 58. The van der Waals surface area contributed by atoms with Crippen molar-refractivity contribution in [1.29, 1.82) is 0 Å². The molecule has 3 nitrogen and oxygen atoms in total. The van der Waals surface area contributed by atoms with Gasteiger partial charge in [0.2, 0.25) is 0 Å². The molecule has 0 aliphatic carbocycles. The molecule has 0 atom stereocenters. The van der Waals surface area contributed by atoms with Crippen LogP contribution in [-0.4, -0.2) is 19.8 Å². The van der Waals surface area contributed by atoms with Gasteiger partial charge in [0.05, 0.1) is 19.8 Å². The molecule has 0 fully saturated rings. The van der Waals surface area contributed by atoms with E-state index in [9.17, 15) is 0 Å². The maximum Gasteiger partial charge on any atom is 0.127 e. The first-order chi connectivity index (χ1) is 39.2. The Kier molecular flexibility index (Phi) is 47.6. The van der Waals surface area contributed by atoms with Crippen molar-refractivity contribution in [1.82, 2.24) is 0 Å². The SMILES string of the molecule is CCCCCCCCCCCCCCCCCCOc1ccc(C=Cc2ccc(C=Cc3ccc(OCCCCCCCCCCCCCCCCCC)cc3)c(OCCCCCCCCCCCCCCCCCC)c2)cc1. The average molecular weight is 1090 g/mol. The summed E-state index contributed by atoms with van der Waals surface area (Å²) in [4.78, 5) is 0. The number of benzene rings is 3. The molecule has 0 aliphatic rings. The molecule has 0 saturated heterocycles. The van der Waals surface area contributed by atoms with Gasteiger partial charge in [-0.3, -0.25) is 0 Å². The van der Waals surface area contributed by atoms with E-state index in [1.54, 1.807) is 0 Å². The smallest absolute Gasteiger partial charge is 0.127 e. The van der Waals surface area contributed by atoms with Crippen LogP contribution in [0.3, 0.4) is 0 Å². The zero-order chi connectivity index (χ0) is 55.8. The Morgan fingerprint density at radius 1 is 0.228 bits per heavy atom. The molecular formula is C76H126O3. The zero-order valence-corrected chi connectivity index (χ0v) is 52.4. The lowest BCUT2D eigenvalue weighted by Crippen LogP contribution is -1.99. The summed E-state index contributed by atoms with van der Waals surface area (Å²) >= 11 is 0. The normalized spacial score (nSPS) is 11.7. The van der Waals surface area contributed by atoms with Gasteiger partial charge in [0, 0.05) is 5.56 Å². The molecule has 0 bridgehead atoms. The van der Waals surface area contributed by atoms with Crippen LogP contribution < -0.4 is 14.2 Å². The van der Waals surface area contributed by atoms with Crippen molar-refractivity contribution in [2.24, 2.45) is 0 Å². The molecule has 0 aromatic heterocycles. The van der Waals surface area contributed by atoms with Crippen LogP contribution in [0.15, 0.2) is 66.7 Å². The highest BCUT2D eigenvalue weighted by molar-refractivity contribution is 5.76. The molecule has 0 unspecified atom stereocenters. The summed E-state index contributed by atoms with van der Waals surface area (Å²) in [6, 6.07) is 23.8. The van der Waals surface area contributed by atoms with Gasteiger partial charge in [-0.2, -0.15) is 0 Å². The van der Waals surface area contributed by atoms with Gasteiger partial charge >= 0.3 is 0 Å². The molecule has 0 N–H and O–H groups in total. The summed E-state index contributed by atoms with van der Waals surface area (Å²) in [5.74, 6) is 2.88. The van der Waals surface area contributed by atoms with Gasteiger partial charge in [-0.1, -0.05) is 370 Å². The third-order valence-electron chi connectivity index (χ3n) is 16.5. The first-order valence-corrected chi connectivity index (χ1v) is 34.8. The lowest BCUT2D eigenvalue weighted by Gasteiger charge is -2.11. The van der Waals surface area contributed by atoms with Crippen molar-refractivity contribution < 1.29 is 14.2 Å². The Morgan fingerprint density at radius 2 is 0.456 bits per heavy atom.